The molecule has 1 heterocycles. The van der Waals surface area contributed by atoms with Gasteiger partial charge >= 0.3 is 0 Å². The lowest BCUT2D eigenvalue weighted by atomic mass is 10.1. The average molecular weight is 418 g/mol. The zero-order valence-corrected chi connectivity index (χ0v) is 17.6. The van der Waals surface area contributed by atoms with Gasteiger partial charge in [0, 0.05) is 19.3 Å². The number of hydrogen-bond acceptors (Lipinski definition) is 3. The van der Waals surface area contributed by atoms with Crippen LogP contribution in [0.2, 0.25) is 0 Å². The van der Waals surface area contributed by atoms with Gasteiger partial charge in [-0.2, -0.15) is 4.31 Å². The van der Waals surface area contributed by atoms with Gasteiger partial charge in [-0.1, -0.05) is 29.8 Å². The van der Waals surface area contributed by atoms with Crippen molar-refractivity contribution in [2.24, 2.45) is 5.92 Å². The monoisotopic (exact) mass is 417 g/mol. The second kappa shape index (κ2) is 8.54. The van der Waals surface area contributed by atoms with Gasteiger partial charge in [0.2, 0.25) is 10.0 Å². The van der Waals surface area contributed by atoms with E-state index in [1.807, 2.05) is 19.1 Å². The van der Waals surface area contributed by atoms with Gasteiger partial charge in [-0.25, -0.2) is 12.8 Å². The van der Waals surface area contributed by atoms with Crippen molar-refractivity contribution < 1.29 is 17.5 Å². The fraction of sp³-hybridized carbons (Fsp3) is 0.478. The van der Waals surface area contributed by atoms with E-state index in [1.165, 1.54) is 25.0 Å². The molecular formula is C23H28FNO3S. The highest BCUT2D eigenvalue weighted by molar-refractivity contribution is 7.89. The number of nitrogens with zero attached hydrogens (tertiary/aromatic N) is 1. The average Bonchev–Trinajstić information content (AvgIpc) is 3.43. The molecule has 1 aliphatic heterocycles. The van der Waals surface area contributed by atoms with Crippen molar-refractivity contribution in [1.82, 2.24) is 4.31 Å². The van der Waals surface area contributed by atoms with Gasteiger partial charge in [-0.15, -0.1) is 0 Å². The molecule has 4 rings (SSSR count). The van der Waals surface area contributed by atoms with Crippen LogP contribution in [0.4, 0.5) is 4.39 Å². The molecule has 0 radical (unpaired) electrons. The van der Waals surface area contributed by atoms with Crippen LogP contribution in [0.25, 0.3) is 0 Å². The van der Waals surface area contributed by atoms with E-state index >= 15 is 0 Å². The summed E-state index contributed by atoms with van der Waals surface area (Å²) in [6.45, 7) is 3.28. The minimum Gasteiger partial charge on any atom is -0.381 e. The van der Waals surface area contributed by atoms with Crippen LogP contribution in [0.15, 0.2) is 53.4 Å². The van der Waals surface area contributed by atoms with E-state index in [-0.39, 0.29) is 17.9 Å². The second-order valence-corrected chi connectivity index (χ2v) is 10.1. The predicted molar refractivity (Wildman–Crippen MR) is 111 cm³/mol. The molecule has 2 aliphatic rings. The number of ether oxygens (including phenoxy) is 1. The second-order valence-electron chi connectivity index (χ2n) is 8.25. The van der Waals surface area contributed by atoms with Crippen LogP contribution < -0.4 is 0 Å². The van der Waals surface area contributed by atoms with Gasteiger partial charge in [0.25, 0.3) is 0 Å². The molecule has 4 nitrogen and oxygen atoms in total. The first-order chi connectivity index (χ1) is 13.9. The molecule has 29 heavy (non-hydrogen) atoms. The first kappa shape index (κ1) is 20.5. The predicted octanol–water partition coefficient (Wildman–Crippen LogP) is 4.85. The summed E-state index contributed by atoms with van der Waals surface area (Å²) in [5.74, 6) is 0.377. The molecule has 0 spiro atoms. The molecule has 6 heteroatoms. The Morgan fingerprint density at radius 2 is 1.69 bits per heavy atom. The summed E-state index contributed by atoms with van der Waals surface area (Å²) in [4.78, 5) is 0.306. The third-order valence-electron chi connectivity index (χ3n) is 5.94. The van der Waals surface area contributed by atoms with E-state index in [0.717, 1.165) is 30.6 Å². The van der Waals surface area contributed by atoms with Crippen LogP contribution in [-0.2, 0) is 14.8 Å². The zero-order valence-electron chi connectivity index (χ0n) is 16.8. The highest BCUT2D eigenvalue weighted by atomic mass is 32.2. The van der Waals surface area contributed by atoms with Gasteiger partial charge in [0.15, 0.2) is 0 Å². The number of aryl methyl sites for hydroxylation is 1. The minimum atomic E-state index is -3.67. The number of benzene rings is 2. The smallest absolute Gasteiger partial charge is 0.243 e. The molecule has 0 bridgehead atoms. The summed E-state index contributed by atoms with van der Waals surface area (Å²) in [5, 5.41) is 0. The standard InChI is InChI=1S/C23H28FNO3S/c1-17-2-11-22(12-3-17)29(26,27)25-21(14-15-28-16-18-4-5-18)10-13-23(25)19-6-8-20(24)9-7-19/h2-3,6-9,11-12,18,21,23H,4-5,10,13-16H2,1H3. The van der Waals surface area contributed by atoms with E-state index < -0.39 is 10.0 Å². The number of halogens is 1. The fourth-order valence-electron chi connectivity index (χ4n) is 4.08. The van der Waals surface area contributed by atoms with Crippen molar-refractivity contribution in [3.05, 3.63) is 65.5 Å². The van der Waals surface area contributed by atoms with Crippen molar-refractivity contribution in [2.75, 3.05) is 13.2 Å². The highest BCUT2D eigenvalue weighted by Crippen LogP contribution is 2.41. The van der Waals surface area contributed by atoms with Gasteiger partial charge in [-0.05, 0) is 74.8 Å². The molecular weight excluding hydrogens is 389 g/mol. The summed E-state index contributed by atoms with van der Waals surface area (Å²) in [7, 11) is -3.67. The summed E-state index contributed by atoms with van der Waals surface area (Å²) < 4.78 is 48.0. The Bertz CT molecular complexity index is 924. The van der Waals surface area contributed by atoms with Gasteiger partial charge in [0.05, 0.1) is 10.9 Å². The molecule has 2 aromatic rings. The van der Waals surface area contributed by atoms with Crippen LogP contribution in [0.5, 0.6) is 0 Å². The Kier molecular flexibility index (Phi) is 6.04. The molecule has 2 atom stereocenters. The van der Waals surface area contributed by atoms with Crippen LogP contribution in [-0.4, -0.2) is 32.0 Å². The third-order valence-corrected chi connectivity index (χ3v) is 7.91. The van der Waals surface area contributed by atoms with Crippen molar-refractivity contribution in [3.63, 3.8) is 0 Å². The molecule has 0 amide bonds. The number of rotatable bonds is 8. The Balaban J connectivity index is 1.59. The molecule has 1 aliphatic carbocycles. The Labute approximate surface area is 172 Å². The lowest BCUT2D eigenvalue weighted by Gasteiger charge is -2.30. The van der Waals surface area contributed by atoms with Crippen LogP contribution in [0.1, 0.15) is 49.3 Å². The third kappa shape index (κ3) is 4.71. The van der Waals surface area contributed by atoms with E-state index in [2.05, 4.69) is 0 Å². The van der Waals surface area contributed by atoms with E-state index in [1.54, 1.807) is 28.6 Å². The van der Waals surface area contributed by atoms with Gasteiger partial charge in [0.1, 0.15) is 5.82 Å². The minimum absolute atomic E-state index is 0.115. The van der Waals surface area contributed by atoms with Crippen molar-refractivity contribution >= 4 is 10.0 Å². The van der Waals surface area contributed by atoms with Crippen molar-refractivity contribution in [2.45, 2.75) is 56.0 Å². The molecule has 2 fully saturated rings. The zero-order chi connectivity index (χ0) is 20.4. The quantitative estimate of drug-likeness (QED) is 0.577. The van der Waals surface area contributed by atoms with Gasteiger partial charge in [-0.3, -0.25) is 0 Å². The lowest BCUT2D eigenvalue weighted by Crippen LogP contribution is -2.38. The molecule has 0 aromatic heterocycles. The van der Waals surface area contributed by atoms with E-state index in [9.17, 15) is 12.8 Å². The van der Waals surface area contributed by atoms with E-state index in [4.69, 9.17) is 4.74 Å². The molecule has 0 N–H and O–H groups in total. The Morgan fingerprint density at radius 3 is 2.34 bits per heavy atom. The Morgan fingerprint density at radius 1 is 1.00 bits per heavy atom. The topological polar surface area (TPSA) is 46.6 Å². The molecule has 156 valence electrons. The molecule has 1 saturated heterocycles. The van der Waals surface area contributed by atoms with E-state index in [0.29, 0.717) is 23.8 Å². The SMILES string of the molecule is Cc1ccc(S(=O)(=O)N2C(CCOCC3CC3)CCC2c2ccc(F)cc2)cc1. The summed E-state index contributed by atoms with van der Waals surface area (Å²) >= 11 is 0. The summed E-state index contributed by atoms with van der Waals surface area (Å²) in [6.07, 6.45) is 4.66. The maximum atomic E-state index is 13.6. The first-order valence-corrected chi connectivity index (χ1v) is 11.8. The van der Waals surface area contributed by atoms with Crippen LogP contribution in [0, 0.1) is 18.7 Å². The summed E-state index contributed by atoms with van der Waals surface area (Å²) in [6, 6.07) is 12.8. The number of sulfonamides is 1. The van der Waals surface area contributed by atoms with Crippen molar-refractivity contribution in [1.29, 1.82) is 0 Å². The molecule has 2 unspecified atom stereocenters. The normalized spacial score (nSPS) is 22.8. The maximum Gasteiger partial charge on any atom is 0.243 e. The number of hydrogen-bond donors (Lipinski definition) is 0. The lowest BCUT2D eigenvalue weighted by molar-refractivity contribution is 0.109. The summed E-state index contributed by atoms with van der Waals surface area (Å²) in [5.41, 5.74) is 1.86. The largest absolute Gasteiger partial charge is 0.381 e. The van der Waals surface area contributed by atoms with Crippen LogP contribution in [0.3, 0.4) is 0 Å². The molecule has 2 aromatic carbocycles. The maximum absolute atomic E-state index is 13.6. The van der Waals surface area contributed by atoms with Crippen LogP contribution >= 0.6 is 0 Å². The fourth-order valence-corrected chi connectivity index (χ4v) is 5.97. The highest BCUT2D eigenvalue weighted by Gasteiger charge is 2.42. The van der Waals surface area contributed by atoms with Crippen molar-refractivity contribution in [3.8, 4) is 0 Å². The van der Waals surface area contributed by atoms with Gasteiger partial charge < -0.3 is 4.74 Å². The first-order valence-electron chi connectivity index (χ1n) is 10.4. The Hall–Kier alpha value is -1.76. The molecule has 1 saturated carbocycles.